The highest BCUT2D eigenvalue weighted by molar-refractivity contribution is 9.10. The molecule has 1 nitrogen and oxygen atoms in total. The van der Waals surface area contributed by atoms with Crippen LogP contribution in [0.4, 0.5) is 0 Å². The fraction of sp³-hybridized carbons (Fsp3) is 0.600. The first-order valence-electron chi connectivity index (χ1n) is 6.60. The molecule has 1 fully saturated rings. The minimum atomic E-state index is 0.213. The van der Waals surface area contributed by atoms with Crippen LogP contribution in [0.25, 0.3) is 0 Å². The summed E-state index contributed by atoms with van der Waals surface area (Å²) in [5.74, 6) is 0.855. The van der Waals surface area contributed by atoms with Crippen LogP contribution in [0, 0.1) is 19.8 Å². The molecule has 0 aromatic heterocycles. The van der Waals surface area contributed by atoms with Gasteiger partial charge in [-0.3, -0.25) is 0 Å². The van der Waals surface area contributed by atoms with Crippen molar-refractivity contribution < 1.29 is 0 Å². The van der Waals surface area contributed by atoms with E-state index in [9.17, 15) is 0 Å². The summed E-state index contributed by atoms with van der Waals surface area (Å²) in [5, 5.41) is 0. The van der Waals surface area contributed by atoms with Crippen LogP contribution in [0.15, 0.2) is 16.6 Å². The first-order valence-corrected chi connectivity index (χ1v) is 7.39. The zero-order valence-corrected chi connectivity index (χ0v) is 12.4. The third-order valence-electron chi connectivity index (χ3n) is 4.01. The van der Waals surface area contributed by atoms with E-state index in [-0.39, 0.29) is 6.04 Å². The fourth-order valence-corrected chi connectivity index (χ4v) is 3.39. The quantitative estimate of drug-likeness (QED) is 0.863. The van der Waals surface area contributed by atoms with E-state index in [0.717, 1.165) is 12.3 Å². The minimum Gasteiger partial charge on any atom is -0.324 e. The second-order valence-corrected chi connectivity index (χ2v) is 6.30. The summed E-state index contributed by atoms with van der Waals surface area (Å²) >= 11 is 3.58. The van der Waals surface area contributed by atoms with Gasteiger partial charge in [0.15, 0.2) is 0 Å². The summed E-state index contributed by atoms with van der Waals surface area (Å²) in [6.45, 7) is 4.29. The van der Waals surface area contributed by atoms with Gasteiger partial charge in [0.2, 0.25) is 0 Å². The van der Waals surface area contributed by atoms with Gasteiger partial charge in [0.05, 0.1) is 0 Å². The SMILES string of the molecule is Cc1cc(C(N)CC2CCCC2)c(C)cc1Br. The normalized spacial score (nSPS) is 18.6. The third-order valence-corrected chi connectivity index (χ3v) is 4.86. The second-order valence-electron chi connectivity index (χ2n) is 5.45. The zero-order valence-electron chi connectivity index (χ0n) is 10.8. The predicted octanol–water partition coefficient (Wildman–Crippen LogP) is 4.65. The van der Waals surface area contributed by atoms with Gasteiger partial charge in [0.25, 0.3) is 0 Å². The van der Waals surface area contributed by atoms with Crippen LogP contribution in [-0.4, -0.2) is 0 Å². The Hall–Kier alpha value is -0.340. The molecule has 1 aromatic rings. The standard InChI is InChI=1S/C15H22BrN/c1-10-8-14(16)11(2)7-13(10)15(17)9-12-5-3-4-6-12/h7-8,12,15H,3-6,9,17H2,1-2H3. The van der Waals surface area contributed by atoms with E-state index >= 15 is 0 Å². The molecular formula is C15H22BrN. The maximum atomic E-state index is 6.38. The van der Waals surface area contributed by atoms with Crippen molar-refractivity contribution in [1.82, 2.24) is 0 Å². The van der Waals surface area contributed by atoms with E-state index in [1.54, 1.807) is 0 Å². The first-order chi connectivity index (χ1) is 8.08. The van der Waals surface area contributed by atoms with Crippen molar-refractivity contribution in [3.05, 3.63) is 33.3 Å². The number of aryl methyl sites for hydroxylation is 2. The van der Waals surface area contributed by atoms with Crippen LogP contribution in [0.3, 0.4) is 0 Å². The number of halogens is 1. The molecule has 0 aliphatic heterocycles. The average molecular weight is 296 g/mol. The van der Waals surface area contributed by atoms with Crippen LogP contribution < -0.4 is 5.73 Å². The molecule has 0 saturated heterocycles. The van der Waals surface area contributed by atoms with Gasteiger partial charge >= 0.3 is 0 Å². The molecule has 1 unspecified atom stereocenters. The molecule has 2 N–H and O–H groups in total. The highest BCUT2D eigenvalue weighted by atomic mass is 79.9. The monoisotopic (exact) mass is 295 g/mol. The number of benzene rings is 1. The van der Waals surface area contributed by atoms with E-state index in [0.29, 0.717) is 0 Å². The lowest BCUT2D eigenvalue weighted by molar-refractivity contribution is 0.450. The minimum absolute atomic E-state index is 0.213. The number of hydrogen-bond acceptors (Lipinski definition) is 1. The van der Waals surface area contributed by atoms with Crippen molar-refractivity contribution in [3.63, 3.8) is 0 Å². The lowest BCUT2D eigenvalue weighted by Crippen LogP contribution is -2.15. The van der Waals surface area contributed by atoms with Crippen molar-refractivity contribution >= 4 is 15.9 Å². The Morgan fingerprint density at radius 2 is 1.88 bits per heavy atom. The van der Waals surface area contributed by atoms with E-state index in [1.807, 2.05) is 0 Å². The molecular weight excluding hydrogens is 274 g/mol. The molecule has 17 heavy (non-hydrogen) atoms. The van der Waals surface area contributed by atoms with Gasteiger partial charge in [0.1, 0.15) is 0 Å². The summed E-state index contributed by atoms with van der Waals surface area (Å²) in [6, 6.07) is 4.66. The van der Waals surface area contributed by atoms with Crippen molar-refractivity contribution in [2.45, 2.75) is 52.0 Å². The van der Waals surface area contributed by atoms with Gasteiger partial charge in [-0.25, -0.2) is 0 Å². The third kappa shape index (κ3) is 3.11. The van der Waals surface area contributed by atoms with Gasteiger partial charge in [-0.1, -0.05) is 47.7 Å². The van der Waals surface area contributed by atoms with Gasteiger partial charge in [0, 0.05) is 10.5 Å². The van der Waals surface area contributed by atoms with Crippen molar-refractivity contribution in [3.8, 4) is 0 Å². The summed E-state index contributed by atoms with van der Waals surface area (Å²) < 4.78 is 1.19. The highest BCUT2D eigenvalue weighted by Crippen LogP contribution is 2.34. The molecule has 2 rings (SSSR count). The molecule has 0 amide bonds. The summed E-state index contributed by atoms with van der Waals surface area (Å²) in [7, 11) is 0. The van der Waals surface area contributed by atoms with E-state index in [1.165, 1.54) is 46.8 Å². The largest absolute Gasteiger partial charge is 0.324 e. The molecule has 0 heterocycles. The molecule has 0 radical (unpaired) electrons. The maximum absolute atomic E-state index is 6.38. The van der Waals surface area contributed by atoms with E-state index in [4.69, 9.17) is 5.73 Å². The van der Waals surface area contributed by atoms with E-state index < -0.39 is 0 Å². The lowest BCUT2D eigenvalue weighted by Gasteiger charge is -2.19. The Morgan fingerprint density at radius 3 is 2.53 bits per heavy atom. The zero-order chi connectivity index (χ0) is 12.4. The lowest BCUT2D eigenvalue weighted by atomic mass is 9.91. The molecule has 1 atom stereocenters. The smallest absolute Gasteiger partial charge is 0.0300 e. The number of rotatable bonds is 3. The van der Waals surface area contributed by atoms with Crippen molar-refractivity contribution in [1.29, 1.82) is 0 Å². The van der Waals surface area contributed by atoms with Crippen LogP contribution in [0.1, 0.15) is 54.8 Å². The second kappa shape index (κ2) is 5.53. The molecule has 0 spiro atoms. The summed E-state index contributed by atoms with van der Waals surface area (Å²) in [5.41, 5.74) is 10.3. The Balaban J connectivity index is 2.12. The van der Waals surface area contributed by atoms with Gasteiger partial charge in [-0.2, -0.15) is 0 Å². The highest BCUT2D eigenvalue weighted by Gasteiger charge is 2.20. The average Bonchev–Trinajstić information content (AvgIpc) is 2.76. The number of hydrogen-bond donors (Lipinski definition) is 1. The van der Waals surface area contributed by atoms with E-state index in [2.05, 4.69) is 41.9 Å². The van der Waals surface area contributed by atoms with Crippen LogP contribution >= 0.6 is 15.9 Å². The van der Waals surface area contributed by atoms with Crippen LogP contribution in [-0.2, 0) is 0 Å². The summed E-state index contributed by atoms with van der Waals surface area (Å²) in [6.07, 6.45) is 6.71. The fourth-order valence-electron chi connectivity index (χ4n) is 2.93. The number of nitrogens with two attached hydrogens (primary N) is 1. The van der Waals surface area contributed by atoms with Gasteiger partial charge in [-0.05, 0) is 48.9 Å². The predicted molar refractivity (Wildman–Crippen MR) is 77.1 cm³/mol. The Kier molecular flexibility index (Phi) is 4.26. The molecule has 1 aliphatic rings. The first kappa shape index (κ1) is 13.1. The molecule has 1 aliphatic carbocycles. The maximum Gasteiger partial charge on any atom is 0.0300 e. The van der Waals surface area contributed by atoms with Crippen LogP contribution in [0.5, 0.6) is 0 Å². The Morgan fingerprint density at radius 1 is 1.24 bits per heavy atom. The molecule has 1 saturated carbocycles. The molecule has 0 bridgehead atoms. The van der Waals surface area contributed by atoms with Gasteiger partial charge in [-0.15, -0.1) is 0 Å². The Bertz CT molecular complexity index is 394. The molecule has 1 aromatic carbocycles. The topological polar surface area (TPSA) is 26.0 Å². The molecule has 94 valence electrons. The van der Waals surface area contributed by atoms with Crippen molar-refractivity contribution in [2.24, 2.45) is 11.7 Å². The van der Waals surface area contributed by atoms with Gasteiger partial charge < -0.3 is 5.73 Å². The van der Waals surface area contributed by atoms with Crippen molar-refractivity contribution in [2.75, 3.05) is 0 Å². The summed E-state index contributed by atoms with van der Waals surface area (Å²) in [4.78, 5) is 0. The van der Waals surface area contributed by atoms with Crippen LogP contribution in [0.2, 0.25) is 0 Å². The Labute approximate surface area is 113 Å². The molecule has 2 heteroatoms.